The lowest BCUT2D eigenvalue weighted by atomic mass is 9.98. The molecule has 40 heavy (non-hydrogen) atoms. The fraction of sp³-hybridized carbons (Fsp3) is 0.657. The highest BCUT2D eigenvalue weighted by Gasteiger charge is 2.15. The lowest BCUT2D eigenvalue weighted by Gasteiger charge is -2.13. The molecule has 0 spiro atoms. The van der Waals surface area contributed by atoms with Gasteiger partial charge < -0.3 is 9.84 Å². The maximum atomic E-state index is 11.3. The first-order chi connectivity index (χ1) is 19.7. The van der Waals surface area contributed by atoms with E-state index in [0.29, 0.717) is 18.0 Å². The molecule has 0 aliphatic heterocycles. The average molecular weight is 550 g/mol. The second-order valence-corrected chi connectivity index (χ2v) is 11.6. The Hall–Kier alpha value is -2.56. The van der Waals surface area contributed by atoms with Crippen LogP contribution < -0.4 is 4.74 Å². The lowest BCUT2D eigenvalue weighted by Crippen LogP contribution is -2.03. The maximum Gasteiger partial charge on any atom is 0.146 e. The second kappa shape index (κ2) is 18.7. The van der Waals surface area contributed by atoms with Gasteiger partial charge in [-0.25, -0.2) is 0 Å². The van der Waals surface area contributed by atoms with E-state index in [2.05, 4.69) is 32.9 Å². The first kappa shape index (κ1) is 32.0. The van der Waals surface area contributed by atoms with Gasteiger partial charge >= 0.3 is 0 Å². The Morgan fingerprint density at radius 3 is 1.82 bits per heavy atom. The van der Waals surface area contributed by atoms with E-state index >= 15 is 0 Å². The summed E-state index contributed by atoms with van der Waals surface area (Å²) >= 11 is 0. The smallest absolute Gasteiger partial charge is 0.146 e. The van der Waals surface area contributed by atoms with Gasteiger partial charge in [-0.3, -0.25) is 0 Å². The highest BCUT2D eigenvalue weighted by molar-refractivity contribution is 5.76. The molecular formula is C35H55N3O2. The van der Waals surface area contributed by atoms with Gasteiger partial charge in [0.25, 0.3) is 0 Å². The first-order valence-corrected chi connectivity index (χ1v) is 16.5. The molecule has 0 amide bonds. The van der Waals surface area contributed by atoms with Crippen LogP contribution in [0, 0.1) is 0 Å². The molecule has 1 heterocycles. The number of aromatic hydroxyl groups is 1. The van der Waals surface area contributed by atoms with Crippen LogP contribution in [-0.2, 0) is 12.8 Å². The molecule has 2 aromatic carbocycles. The molecule has 0 atom stereocenters. The Kier molecular flexibility index (Phi) is 15.0. The zero-order valence-electron chi connectivity index (χ0n) is 25.7. The van der Waals surface area contributed by atoms with Crippen molar-refractivity contribution in [3.05, 3.63) is 41.5 Å². The summed E-state index contributed by atoms with van der Waals surface area (Å²) < 4.78 is 5.80. The second-order valence-electron chi connectivity index (χ2n) is 11.6. The minimum atomic E-state index is 0.324. The number of phenols is 1. The van der Waals surface area contributed by atoms with Crippen LogP contribution in [0.4, 0.5) is 0 Å². The molecule has 0 saturated carbocycles. The van der Waals surface area contributed by atoms with Crippen molar-refractivity contribution in [1.29, 1.82) is 0 Å². The van der Waals surface area contributed by atoms with E-state index in [1.807, 2.05) is 18.2 Å². The molecule has 222 valence electrons. The molecule has 1 aromatic heterocycles. The van der Waals surface area contributed by atoms with E-state index in [9.17, 15) is 5.11 Å². The maximum absolute atomic E-state index is 11.3. The van der Waals surface area contributed by atoms with Gasteiger partial charge in [-0.1, -0.05) is 117 Å². The Labute approximate surface area is 243 Å². The summed E-state index contributed by atoms with van der Waals surface area (Å²) in [5.74, 6) is 1.13. The van der Waals surface area contributed by atoms with Gasteiger partial charge in [0, 0.05) is 6.07 Å². The Bertz CT molecular complexity index is 1110. The molecule has 5 heteroatoms. The van der Waals surface area contributed by atoms with Crippen molar-refractivity contribution in [2.45, 2.75) is 143 Å². The van der Waals surface area contributed by atoms with Gasteiger partial charge in [0.1, 0.15) is 28.2 Å². The minimum absolute atomic E-state index is 0.324. The van der Waals surface area contributed by atoms with Crippen molar-refractivity contribution in [2.75, 3.05) is 6.61 Å². The molecular weight excluding hydrogens is 494 g/mol. The SMILES string of the molecule is CCCCCCCCCCc1cc(CCCCCCCCCC)c(O)c(-n2nc3ccc(OCCC)cc3n2)c1. The lowest BCUT2D eigenvalue weighted by molar-refractivity contribution is 0.318. The van der Waals surface area contributed by atoms with E-state index < -0.39 is 0 Å². The zero-order valence-corrected chi connectivity index (χ0v) is 25.7. The van der Waals surface area contributed by atoms with Crippen LogP contribution in [0.2, 0.25) is 0 Å². The van der Waals surface area contributed by atoms with Crippen molar-refractivity contribution in [1.82, 2.24) is 15.0 Å². The van der Waals surface area contributed by atoms with Crippen LogP contribution in [0.5, 0.6) is 11.5 Å². The Morgan fingerprint density at radius 2 is 1.20 bits per heavy atom. The third-order valence-corrected chi connectivity index (χ3v) is 7.89. The largest absolute Gasteiger partial charge is 0.505 e. The van der Waals surface area contributed by atoms with E-state index in [4.69, 9.17) is 14.9 Å². The number of fused-ring (bicyclic) bond motifs is 1. The number of phenolic OH excluding ortho intramolecular Hbond substituents is 1. The number of rotatable bonds is 22. The first-order valence-electron chi connectivity index (χ1n) is 16.5. The van der Waals surface area contributed by atoms with Crippen molar-refractivity contribution < 1.29 is 9.84 Å². The van der Waals surface area contributed by atoms with Gasteiger partial charge in [0.05, 0.1) is 6.61 Å². The van der Waals surface area contributed by atoms with E-state index in [1.165, 1.54) is 102 Å². The summed E-state index contributed by atoms with van der Waals surface area (Å²) in [6.45, 7) is 7.33. The molecule has 3 aromatic rings. The van der Waals surface area contributed by atoms with Crippen LogP contribution in [-0.4, -0.2) is 26.7 Å². The summed E-state index contributed by atoms with van der Waals surface area (Å²) in [6, 6.07) is 10.2. The summed E-state index contributed by atoms with van der Waals surface area (Å²) in [5, 5.41) is 20.8. The third-order valence-electron chi connectivity index (χ3n) is 7.89. The van der Waals surface area contributed by atoms with Crippen LogP contribution in [0.3, 0.4) is 0 Å². The van der Waals surface area contributed by atoms with Crippen LogP contribution in [0.25, 0.3) is 16.7 Å². The normalized spacial score (nSPS) is 11.5. The summed E-state index contributed by atoms with van der Waals surface area (Å²) in [6.07, 6.45) is 23.7. The number of benzene rings is 2. The number of unbranched alkanes of at least 4 members (excludes halogenated alkanes) is 14. The summed E-state index contributed by atoms with van der Waals surface area (Å²) in [5.41, 5.74) is 4.60. The predicted molar refractivity (Wildman–Crippen MR) is 169 cm³/mol. The number of nitrogens with zero attached hydrogens (tertiary/aromatic N) is 3. The van der Waals surface area contributed by atoms with E-state index in [1.54, 1.807) is 4.80 Å². The average Bonchev–Trinajstić information content (AvgIpc) is 3.39. The number of aryl methyl sites for hydroxylation is 2. The standard InChI is InChI=1S/C35H55N3O2/c1-4-7-9-11-13-15-17-19-21-29-26-30(22-20-18-16-14-12-10-8-5-2)35(39)34(27-29)38-36-32-24-23-31(40-25-6-3)28-33(32)37-38/h23-24,26-28,39H,4-22,25H2,1-3H3. The predicted octanol–water partition coefficient (Wildman–Crippen LogP) is 10.3. The zero-order chi connectivity index (χ0) is 28.4. The number of ether oxygens (including phenoxy) is 1. The van der Waals surface area contributed by atoms with Crippen molar-refractivity contribution in [2.24, 2.45) is 0 Å². The molecule has 0 bridgehead atoms. The number of aromatic nitrogens is 3. The fourth-order valence-electron chi connectivity index (χ4n) is 5.45. The number of hydrogen-bond donors (Lipinski definition) is 1. The van der Waals surface area contributed by atoms with Crippen molar-refractivity contribution in [3.8, 4) is 17.2 Å². The monoisotopic (exact) mass is 549 g/mol. The molecule has 0 saturated heterocycles. The van der Waals surface area contributed by atoms with Crippen LogP contribution in [0.1, 0.15) is 141 Å². The quantitative estimate of drug-likeness (QED) is 0.127. The molecule has 3 rings (SSSR count). The molecule has 0 unspecified atom stereocenters. The van der Waals surface area contributed by atoms with Crippen LogP contribution in [0.15, 0.2) is 30.3 Å². The Balaban J connectivity index is 1.68. The Morgan fingerprint density at radius 1 is 0.625 bits per heavy atom. The summed E-state index contributed by atoms with van der Waals surface area (Å²) in [4.78, 5) is 1.62. The molecule has 1 N–H and O–H groups in total. The fourth-order valence-corrected chi connectivity index (χ4v) is 5.45. The number of hydrogen-bond acceptors (Lipinski definition) is 4. The molecule has 0 aliphatic carbocycles. The minimum Gasteiger partial charge on any atom is -0.505 e. The summed E-state index contributed by atoms with van der Waals surface area (Å²) in [7, 11) is 0. The van der Waals surface area contributed by atoms with Gasteiger partial charge in [-0.15, -0.1) is 15.0 Å². The van der Waals surface area contributed by atoms with Gasteiger partial charge in [0.2, 0.25) is 0 Å². The molecule has 0 aliphatic rings. The van der Waals surface area contributed by atoms with Gasteiger partial charge in [-0.05, 0) is 61.4 Å². The highest BCUT2D eigenvalue weighted by atomic mass is 16.5. The third kappa shape index (κ3) is 10.8. The van der Waals surface area contributed by atoms with Crippen molar-refractivity contribution >= 4 is 11.0 Å². The van der Waals surface area contributed by atoms with Gasteiger partial charge in [0.15, 0.2) is 0 Å². The van der Waals surface area contributed by atoms with Gasteiger partial charge in [-0.2, -0.15) is 0 Å². The highest BCUT2D eigenvalue weighted by Crippen LogP contribution is 2.31. The molecule has 5 nitrogen and oxygen atoms in total. The van der Waals surface area contributed by atoms with Crippen molar-refractivity contribution in [3.63, 3.8) is 0 Å². The molecule has 0 fully saturated rings. The molecule has 0 radical (unpaired) electrons. The van der Waals surface area contributed by atoms with E-state index in [0.717, 1.165) is 48.0 Å². The van der Waals surface area contributed by atoms with Crippen LogP contribution >= 0.6 is 0 Å². The van der Waals surface area contributed by atoms with E-state index in [-0.39, 0.29) is 0 Å². The topological polar surface area (TPSA) is 60.2 Å².